The molecular formula is C15H28N2O2Si. The van der Waals surface area contributed by atoms with Gasteiger partial charge in [0.25, 0.3) is 0 Å². The summed E-state index contributed by atoms with van der Waals surface area (Å²) in [5, 5.41) is 6.87. The maximum atomic E-state index is 5.46. The van der Waals surface area contributed by atoms with E-state index >= 15 is 0 Å². The zero-order valence-electron chi connectivity index (χ0n) is 12.9. The summed E-state index contributed by atoms with van der Waals surface area (Å²) in [6.07, 6.45) is 1.10. The second kappa shape index (κ2) is 10.1. The first kappa shape index (κ1) is 17.3. The summed E-state index contributed by atoms with van der Waals surface area (Å²) in [4.78, 5) is 0. The van der Waals surface area contributed by atoms with Crippen molar-refractivity contribution in [1.29, 1.82) is 0 Å². The Morgan fingerprint density at radius 3 is 2.25 bits per heavy atom. The van der Waals surface area contributed by atoms with Crippen molar-refractivity contribution >= 4 is 8.56 Å². The Kier molecular flexibility index (Phi) is 8.72. The topological polar surface area (TPSA) is 42.5 Å². The molecule has 114 valence electrons. The van der Waals surface area contributed by atoms with E-state index in [1.807, 2.05) is 6.07 Å². The van der Waals surface area contributed by atoms with E-state index in [2.05, 4.69) is 41.4 Å². The standard InChI is InChI=1S/C15H28N2O2Si/c1-18-20(3,19-2)13-7-10-16-11-12-17-14-15-8-5-4-6-9-15/h4-6,8-9,16-17H,7,10-14H2,1-3H3. The Morgan fingerprint density at radius 1 is 0.950 bits per heavy atom. The van der Waals surface area contributed by atoms with Crippen LogP contribution in [0.1, 0.15) is 12.0 Å². The van der Waals surface area contributed by atoms with Crippen LogP contribution in [-0.2, 0) is 15.4 Å². The van der Waals surface area contributed by atoms with Gasteiger partial charge in [0.15, 0.2) is 0 Å². The van der Waals surface area contributed by atoms with Crippen molar-refractivity contribution in [3.05, 3.63) is 35.9 Å². The first-order valence-electron chi connectivity index (χ1n) is 7.26. The van der Waals surface area contributed by atoms with Gasteiger partial charge in [0.2, 0.25) is 0 Å². The molecule has 0 fully saturated rings. The van der Waals surface area contributed by atoms with Crippen LogP contribution in [0.25, 0.3) is 0 Å². The predicted octanol–water partition coefficient (Wildman–Crippen LogP) is 2.12. The average Bonchev–Trinajstić information content (AvgIpc) is 2.50. The molecule has 0 aliphatic rings. The molecule has 0 aliphatic heterocycles. The highest BCUT2D eigenvalue weighted by molar-refractivity contribution is 6.65. The molecule has 0 unspecified atom stereocenters. The van der Waals surface area contributed by atoms with Crippen LogP contribution in [0.3, 0.4) is 0 Å². The Labute approximate surface area is 124 Å². The van der Waals surface area contributed by atoms with Gasteiger partial charge in [-0.15, -0.1) is 0 Å². The maximum absolute atomic E-state index is 5.46. The van der Waals surface area contributed by atoms with Crippen molar-refractivity contribution in [3.8, 4) is 0 Å². The highest BCUT2D eigenvalue weighted by Gasteiger charge is 2.27. The molecular weight excluding hydrogens is 268 g/mol. The van der Waals surface area contributed by atoms with Gasteiger partial charge in [-0.2, -0.15) is 0 Å². The zero-order chi connectivity index (χ0) is 14.7. The van der Waals surface area contributed by atoms with E-state index in [0.717, 1.165) is 38.6 Å². The van der Waals surface area contributed by atoms with Crippen molar-refractivity contribution in [2.24, 2.45) is 0 Å². The SMILES string of the molecule is CO[Si](C)(CCCNCCNCc1ccccc1)OC. The fourth-order valence-electron chi connectivity index (χ4n) is 1.95. The van der Waals surface area contributed by atoms with Gasteiger partial charge in [-0.3, -0.25) is 0 Å². The number of hydrogen-bond acceptors (Lipinski definition) is 4. The molecule has 0 atom stereocenters. The van der Waals surface area contributed by atoms with Crippen LogP contribution in [0.5, 0.6) is 0 Å². The molecule has 0 radical (unpaired) electrons. The Bertz CT molecular complexity index is 345. The third-order valence-corrected chi connectivity index (χ3v) is 6.49. The second-order valence-electron chi connectivity index (χ2n) is 5.06. The van der Waals surface area contributed by atoms with Crippen LogP contribution in [0.15, 0.2) is 30.3 Å². The molecule has 2 N–H and O–H groups in total. The normalized spacial score (nSPS) is 11.8. The summed E-state index contributed by atoms with van der Waals surface area (Å²) in [6, 6.07) is 11.5. The lowest BCUT2D eigenvalue weighted by atomic mass is 10.2. The van der Waals surface area contributed by atoms with Gasteiger partial charge in [-0.25, -0.2) is 0 Å². The highest BCUT2D eigenvalue weighted by Crippen LogP contribution is 2.12. The number of rotatable bonds is 11. The van der Waals surface area contributed by atoms with Crippen LogP contribution in [-0.4, -0.2) is 42.4 Å². The first-order chi connectivity index (χ1) is 9.70. The van der Waals surface area contributed by atoms with Crippen molar-refractivity contribution in [2.45, 2.75) is 25.6 Å². The third kappa shape index (κ3) is 7.16. The molecule has 5 heteroatoms. The molecule has 1 aromatic rings. The molecule has 0 bridgehead atoms. The third-order valence-electron chi connectivity index (χ3n) is 3.50. The first-order valence-corrected chi connectivity index (χ1v) is 9.78. The van der Waals surface area contributed by atoms with E-state index in [1.54, 1.807) is 14.2 Å². The van der Waals surface area contributed by atoms with Gasteiger partial charge in [0.1, 0.15) is 0 Å². The Morgan fingerprint density at radius 2 is 1.60 bits per heavy atom. The molecule has 0 saturated heterocycles. The molecule has 0 spiro atoms. The van der Waals surface area contributed by atoms with E-state index in [0.29, 0.717) is 0 Å². The number of hydrogen-bond donors (Lipinski definition) is 2. The minimum absolute atomic E-state index is 0.931. The van der Waals surface area contributed by atoms with Gasteiger partial charge < -0.3 is 19.5 Å². The summed E-state index contributed by atoms with van der Waals surface area (Å²) in [5.74, 6) is 0. The quantitative estimate of drug-likeness (QED) is 0.485. The predicted molar refractivity (Wildman–Crippen MR) is 86.1 cm³/mol. The summed E-state index contributed by atoms with van der Waals surface area (Å²) in [5.41, 5.74) is 1.33. The van der Waals surface area contributed by atoms with Crippen LogP contribution in [0, 0.1) is 0 Å². The lowest BCUT2D eigenvalue weighted by Gasteiger charge is -2.22. The van der Waals surface area contributed by atoms with E-state index < -0.39 is 8.56 Å². The monoisotopic (exact) mass is 296 g/mol. The van der Waals surface area contributed by atoms with E-state index in [1.165, 1.54) is 5.56 Å². The van der Waals surface area contributed by atoms with E-state index in [4.69, 9.17) is 8.85 Å². The molecule has 0 amide bonds. The molecule has 0 aliphatic carbocycles. The van der Waals surface area contributed by atoms with Crippen molar-refractivity contribution in [2.75, 3.05) is 33.9 Å². The minimum atomic E-state index is -1.87. The van der Waals surface area contributed by atoms with Crippen LogP contribution in [0.2, 0.25) is 12.6 Å². The molecule has 20 heavy (non-hydrogen) atoms. The molecule has 0 aromatic heterocycles. The molecule has 0 heterocycles. The van der Waals surface area contributed by atoms with E-state index in [-0.39, 0.29) is 0 Å². The molecule has 4 nitrogen and oxygen atoms in total. The van der Waals surface area contributed by atoms with Crippen LogP contribution < -0.4 is 10.6 Å². The van der Waals surface area contributed by atoms with Crippen molar-refractivity contribution < 1.29 is 8.85 Å². The average molecular weight is 296 g/mol. The molecule has 1 aromatic carbocycles. The lowest BCUT2D eigenvalue weighted by molar-refractivity contribution is 0.248. The summed E-state index contributed by atoms with van der Waals surface area (Å²) in [7, 11) is 1.62. The summed E-state index contributed by atoms with van der Waals surface area (Å²) >= 11 is 0. The van der Waals surface area contributed by atoms with Crippen LogP contribution >= 0.6 is 0 Å². The van der Waals surface area contributed by atoms with Gasteiger partial charge in [0.05, 0.1) is 0 Å². The number of benzene rings is 1. The largest absolute Gasteiger partial charge is 0.398 e. The smallest absolute Gasteiger partial charge is 0.334 e. The highest BCUT2D eigenvalue weighted by atomic mass is 28.4. The summed E-state index contributed by atoms with van der Waals surface area (Å²) in [6.45, 7) is 6.03. The Hall–Kier alpha value is -0.723. The lowest BCUT2D eigenvalue weighted by Crippen LogP contribution is -2.37. The van der Waals surface area contributed by atoms with Gasteiger partial charge in [0, 0.05) is 33.9 Å². The molecule has 0 saturated carbocycles. The number of nitrogens with one attached hydrogen (secondary N) is 2. The van der Waals surface area contributed by atoms with Gasteiger partial charge in [-0.05, 0) is 31.1 Å². The zero-order valence-corrected chi connectivity index (χ0v) is 13.9. The Balaban J connectivity index is 1.95. The molecule has 1 rings (SSSR count). The second-order valence-corrected chi connectivity index (χ2v) is 8.64. The fraction of sp³-hybridized carbons (Fsp3) is 0.600. The van der Waals surface area contributed by atoms with Crippen molar-refractivity contribution in [3.63, 3.8) is 0 Å². The van der Waals surface area contributed by atoms with Crippen molar-refractivity contribution in [1.82, 2.24) is 10.6 Å². The van der Waals surface area contributed by atoms with Gasteiger partial charge in [-0.1, -0.05) is 30.3 Å². The van der Waals surface area contributed by atoms with Crippen LogP contribution in [0.4, 0.5) is 0 Å². The van der Waals surface area contributed by atoms with E-state index in [9.17, 15) is 0 Å². The van der Waals surface area contributed by atoms with Gasteiger partial charge >= 0.3 is 8.56 Å². The minimum Gasteiger partial charge on any atom is -0.398 e. The summed E-state index contributed by atoms with van der Waals surface area (Å²) < 4.78 is 10.9. The fourth-order valence-corrected chi connectivity index (χ4v) is 3.35. The maximum Gasteiger partial charge on any atom is 0.334 e.